The minimum Gasteiger partial charge on any atom is -0.396 e. The molecule has 1 fully saturated rings. The largest absolute Gasteiger partial charge is 0.396 e. The highest BCUT2D eigenvalue weighted by molar-refractivity contribution is 5.75. The summed E-state index contributed by atoms with van der Waals surface area (Å²) in [5, 5.41) is 12.4. The van der Waals surface area contributed by atoms with Gasteiger partial charge in [0.05, 0.1) is 6.61 Å². The van der Waals surface area contributed by atoms with Crippen molar-refractivity contribution < 1.29 is 9.90 Å². The maximum atomic E-state index is 11.9. The molecule has 2 N–H and O–H groups in total. The molecule has 0 spiro atoms. The molecular weight excluding hydrogens is 258 g/mol. The molecule has 1 saturated carbocycles. The van der Waals surface area contributed by atoms with Gasteiger partial charge in [0.15, 0.2) is 0 Å². The van der Waals surface area contributed by atoms with Crippen molar-refractivity contribution in [1.29, 1.82) is 0 Å². The van der Waals surface area contributed by atoms with Crippen molar-refractivity contribution in [2.45, 2.75) is 38.6 Å². The summed E-state index contributed by atoms with van der Waals surface area (Å²) >= 11 is 0. The monoisotopic (exact) mass is 279 g/mol. The number of hydrogen-bond acceptors (Lipinski definition) is 4. The smallest absolute Gasteiger partial charge is 0.347 e. The molecule has 1 aromatic heterocycles. The summed E-state index contributed by atoms with van der Waals surface area (Å²) in [5.41, 5.74) is -0.620. The SMILES string of the molecule is O=C(Cn1cccnc1=O)NCC1(CO)CCCCC1. The van der Waals surface area contributed by atoms with E-state index in [-0.39, 0.29) is 24.5 Å². The van der Waals surface area contributed by atoms with E-state index in [1.807, 2.05) is 0 Å². The Morgan fingerprint density at radius 3 is 2.80 bits per heavy atom. The summed E-state index contributed by atoms with van der Waals surface area (Å²) in [6, 6.07) is 1.62. The third-order valence-electron chi connectivity index (χ3n) is 4.01. The van der Waals surface area contributed by atoms with Crippen LogP contribution >= 0.6 is 0 Å². The summed E-state index contributed by atoms with van der Waals surface area (Å²) < 4.78 is 1.27. The molecule has 1 aliphatic carbocycles. The molecule has 6 heteroatoms. The number of carbonyl (C=O) groups is 1. The van der Waals surface area contributed by atoms with Crippen LogP contribution in [0.3, 0.4) is 0 Å². The molecule has 6 nitrogen and oxygen atoms in total. The average molecular weight is 279 g/mol. The van der Waals surface area contributed by atoms with Crippen LogP contribution < -0.4 is 11.0 Å². The van der Waals surface area contributed by atoms with Crippen molar-refractivity contribution in [3.8, 4) is 0 Å². The van der Waals surface area contributed by atoms with Crippen molar-refractivity contribution in [3.63, 3.8) is 0 Å². The van der Waals surface area contributed by atoms with Gasteiger partial charge in [-0.25, -0.2) is 9.78 Å². The topological polar surface area (TPSA) is 84.2 Å². The number of nitrogens with zero attached hydrogens (tertiary/aromatic N) is 2. The number of carbonyl (C=O) groups excluding carboxylic acids is 1. The molecule has 1 aromatic rings. The van der Waals surface area contributed by atoms with Gasteiger partial charge in [0.2, 0.25) is 5.91 Å². The van der Waals surface area contributed by atoms with E-state index >= 15 is 0 Å². The lowest BCUT2D eigenvalue weighted by Gasteiger charge is -2.35. The summed E-state index contributed by atoms with van der Waals surface area (Å²) in [6.07, 6.45) is 8.21. The minimum atomic E-state index is -0.433. The fourth-order valence-electron chi connectivity index (χ4n) is 2.70. The Bertz CT molecular complexity index is 506. The molecule has 2 rings (SSSR count). The minimum absolute atomic E-state index is 0.0335. The second kappa shape index (κ2) is 6.65. The first-order chi connectivity index (χ1) is 9.65. The number of hydrogen-bond donors (Lipinski definition) is 2. The second-order valence-corrected chi connectivity index (χ2v) is 5.53. The Morgan fingerprint density at radius 1 is 1.40 bits per heavy atom. The van der Waals surface area contributed by atoms with Crippen LogP contribution in [0, 0.1) is 5.41 Å². The Kier molecular flexibility index (Phi) is 4.89. The highest BCUT2D eigenvalue weighted by Gasteiger charge is 2.31. The molecule has 0 atom stereocenters. The van der Waals surface area contributed by atoms with Crippen molar-refractivity contribution in [1.82, 2.24) is 14.9 Å². The molecule has 0 unspecified atom stereocenters. The van der Waals surface area contributed by atoms with Crippen LogP contribution in [0.15, 0.2) is 23.3 Å². The Labute approximate surface area is 117 Å². The van der Waals surface area contributed by atoms with Crippen LogP contribution in [0.1, 0.15) is 32.1 Å². The van der Waals surface area contributed by atoms with E-state index in [0.717, 1.165) is 25.7 Å². The summed E-state index contributed by atoms with van der Waals surface area (Å²) in [6.45, 7) is 0.533. The molecule has 1 amide bonds. The van der Waals surface area contributed by atoms with Crippen molar-refractivity contribution >= 4 is 5.91 Å². The fraction of sp³-hybridized carbons (Fsp3) is 0.643. The molecule has 1 aliphatic rings. The first-order valence-electron chi connectivity index (χ1n) is 7.04. The lowest BCUT2D eigenvalue weighted by Crippen LogP contribution is -2.43. The molecule has 1 heterocycles. The highest BCUT2D eigenvalue weighted by Crippen LogP contribution is 2.35. The van der Waals surface area contributed by atoms with E-state index in [0.29, 0.717) is 6.54 Å². The molecular formula is C14H21N3O3. The van der Waals surface area contributed by atoms with E-state index in [4.69, 9.17) is 0 Å². The van der Waals surface area contributed by atoms with Gasteiger partial charge in [-0.3, -0.25) is 9.36 Å². The van der Waals surface area contributed by atoms with Crippen LogP contribution in [0.2, 0.25) is 0 Å². The molecule has 0 bridgehead atoms. The van der Waals surface area contributed by atoms with E-state index < -0.39 is 5.69 Å². The standard InChI is InChI=1S/C14H21N3O3/c18-11-14(5-2-1-3-6-14)10-16-12(19)9-17-8-4-7-15-13(17)20/h4,7-8,18H,1-3,5-6,9-11H2,(H,16,19). The average Bonchev–Trinajstić information content (AvgIpc) is 2.49. The Balaban J connectivity index is 1.88. The van der Waals surface area contributed by atoms with Gasteiger partial charge in [-0.2, -0.15) is 0 Å². The molecule has 0 aliphatic heterocycles. The zero-order valence-electron chi connectivity index (χ0n) is 11.5. The number of nitrogens with one attached hydrogen (secondary N) is 1. The summed E-state index contributed by atoms with van der Waals surface area (Å²) in [7, 11) is 0. The van der Waals surface area contributed by atoms with Crippen molar-refractivity contribution in [2.75, 3.05) is 13.2 Å². The lowest BCUT2D eigenvalue weighted by atomic mass is 9.74. The van der Waals surface area contributed by atoms with Crippen molar-refractivity contribution in [2.24, 2.45) is 5.41 Å². The maximum absolute atomic E-state index is 11.9. The van der Waals surface area contributed by atoms with Crippen LogP contribution in [-0.4, -0.2) is 33.7 Å². The van der Waals surface area contributed by atoms with Crippen LogP contribution in [0.4, 0.5) is 0 Å². The van der Waals surface area contributed by atoms with Crippen molar-refractivity contribution in [3.05, 3.63) is 28.9 Å². The fourth-order valence-corrected chi connectivity index (χ4v) is 2.70. The van der Waals surface area contributed by atoms with Crippen LogP contribution in [0.25, 0.3) is 0 Å². The number of aliphatic hydroxyl groups is 1. The third kappa shape index (κ3) is 3.66. The van der Waals surface area contributed by atoms with Gasteiger partial charge in [-0.15, -0.1) is 0 Å². The van der Waals surface area contributed by atoms with Gasteiger partial charge >= 0.3 is 5.69 Å². The van der Waals surface area contributed by atoms with Gasteiger partial charge in [0, 0.05) is 24.4 Å². The normalized spacial score (nSPS) is 17.6. The van der Waals surface area contributed by atoms with E-state index in [2.05, 4.69) is 10.3 Å². The van der Waals surface area contributed by atoms with Gasteiger partial charge < -0.3 is 10.4 Å². The quantitative estimate of drug-likeness (QED) is 0.812. The molecule has 0 radical (unpaired) electrons. The maximum Gasteiger partial charge on any atom is 0.347 e. The summed E-state index contributed by atoms with van der Waals surface area (Å²) in [5.74, 6) is -0.224. The van der Waals surface area contributed by atoms with Gasteiger partial charge in [-0.1, -0.05) is 19.3 Å². The lowest BCUT2D eigenvalue weighted by molar-refractivity contribution is -0.122. The number of amides is 1. The zero-order valence-corrected chi connectivity index (χ0v) is 11.5. The van der Waals surface area contributed by atoms with E-state index in [1.54, 1.807) is 6.07 Å². The second-order valence-electron chi connectivity index (χ2n) is 5.53. The Morgan fingerprint density at radius 2 is 2.15 bits per heavy atom. The van der Waals surface area contributed by atoms with Gasteiger partial charge in [-0.05, 0) is 18.9 Å². The van der Waals surface area contributed by atoms with Crippen LogP contribution in [0.5, 0.6) is 0 Å². The zero-order chi connectivity index (χ0) is 14.4. The number of rotatable bonds is 5. The van der Waals surface area contributed by atoms with E-state index in [1.165, 1.54) is 23.4 Å². The molecule has 0 saturated heterocycles. The van der Waals surface area contributed by atoms with Gasteiger partial charge in [0.25, 0.3) is 0 Å². The predicted molar refractivity (Wildman–Crippen MR) is 74.1 cm³/mol. The van der Waals surface area contributed by atoms with Gasteiger partial charge in [0.1, 0.15) is 6.54 Å². The molecule has 110 valence electrons. The number of aliphatic hydroxyl groups excluding tert-OH is 1. The molecule has 20 heavy (non-hydrogen) atoms. The highest BCUT2D eigenvalue weighted by atomic mass is 16.3. The van der Waals surface area contributed by atoms with E-state index in [9.17, 15) is 14.7 Å². The first-order valence-corrected chi connectivity index (χ1v) is 7.04. The molecule has 0 aromatic carbocycles. The summed E-state index contributed by atoms with van der Waals surface area (Å²) in [4.78, 5) is 26.9. The third-order valence-corrected chi connectivity index (χ3v) is 4.01. The number of aromatic nitrogens is 2. The van der Waals surface area contributed by atoms with Crippen LogP contribution in [-0.2, 0) is 11.3 Å². The first kappa shape index (κ1) is 14.7. The predicted octanol–water partition coefficient (Wildman–Crippen LogP) is 0.302. The Hall–Kier alpha value is -1.69.